The predicted molar refractivity (Wildman–Crippen MR) is 113 cm³/mol. The molecule has 2 amide bonds. The highest BCUT2D eigenvalue weighted by molar-refractivity contribution is 6.22. The van der Waals surface area contributed by atoms with Crippen LogP contribution < -0.4 is 4.74 Å². The van der Waals surface area contributed by atoms with Gasteiger partial charge in [-0.15, -0.1) is 0 Å². The Hall–Kier alpha value is -3.52. The Bertz CT molecular complexity index is 1050. The number of amides is 2. The van der Waals surface area contributed by atoms with E-state index in [9.17, 15) is 19.2 Å². The molecule has 8 heteroatoms. The second kappa shape index (κ2) is 9.32. The number of hydrogen-bond acceptors (Lipinski definition) is 7. The van der Waals surface area contributed by atoms with E-state index in [-0.39, 0.29) is 35.1 Å². The van der Waals surface area contributed by atoms with Gasteiger partial charge in [0, 0.05) is 12.2 Å². The summed E-state index contributed by atoms with van der Waals surface area (Å²) in [4.78, 5) is 51.2. The van der Waals surface area contributed by atoms with Crippen molar-refractivity contribution < 1.29 is 33.4 Å². The van der Waals surface area contributed by atoms with E-state index >= 15 is 0 Å². The molecule has 2 aliphatic rings. The number of nitrogens with zero attached hydrogens (tertiary/aromatic N) is 1. The molecule has 32 heavy (non-hydrogen) atoms. The van der Waals surface area contributed by atoms with Crippen molar-refractivity contribution in [3.05, 3.63) is 64.7 Å². The van der Waals surface area contributed by atoms with Crippen molar-refractivity contribution in [2.45, 2.75) is 25.9 Å². The summed E-state index contributed by atoms with van der Waals surface area (Å²) < 4.78 is 16.0. The van der Waals surface area contributed by atoms with Gasteiger partial charge < -0.3 is 14.2 Å². The molecule has 0 spiro atoms. The van der Waals surface area contributed by atoms with Crippen LogP contribution in [0.15, 0.2) is 42.5 Å². The van der Waals surface area contributed by atoms with Crippen LogP contribution in [0.25, 0.3) is 0 Å². The minimum absolute atomic E-state index is 0.100. The van der Waals surface area contributed by atoms with E-state index in [2.05, 4.69) is 0 Å². The molecule has 2 aliphatic heterocycles. The Balaban J connectivity index is 1.39. The van der Waals surface area contributed by atoms with Crippen molar-refractivity contribution in [2.75, 3.05) is 26.4 Å². The molecule has 0 aliphatic carbocycles. The lowest BCUT2D eigenvalue weighted by Gasteiger charge is -2.17. The van der Waals surface area contributed by atoms with Crippen molar-refractivity contribution in [2.24, 2.45) is 0 Å². The SMILES string of the molecule is CCOc1ccc(C(=O)COC(=O)c2ccc3c(c2)C(=O)N(CC2CCCO2)C3=O)cc1. The minimum atomic E-state index is -0.745. The van der Waals surface area contributed by atoms with Crippen LogP contribution in [0.1, 0.15) is 61.2 Å². The van der Waals surface area contributed by atoms with Gasteiger partial charge in [-0.2, -0.15) is 0 Å². The van der Waals surface area contributed by atoms with Gasteiger partial charge in [0.05, 0.1) is 35.9 Å². The maximum atomic E-state index is 12.7. The maximum absolute atomic E-state index is 12.7. The number of hydrogen-bond donors (Lipinski definition) is 0. The number of esters is 1. The maximum Gasteiger partial charge on any atom is 0.338 e. The van der Waals surface area contributed by atoms with Crippen LogP contribution >= 0.6 is 0 Å². The molecule has 0 saturated carbocycles. The number of imide groups is 1. The Morgan fingerprint density at radius 2 is 1.75 bits per heavy atom. The lowest BCUT2D eigenvalue weighted by Crippen LogP contribution is -2.36. The van der Waals surface area contributed by atoms with Crippen LogP contribution in [0.4, 0.5) is 0 Å². The zero-order valence-electron chi connectivity index (χ0n) is 17.7. The molecular formula is C24H23NO7. The Morgan fingerprint density at radius 1 is 1.03 bits per heavy atom. The number of ether oxygens (including phenoxy) is 3. The van der Waals surface area contributed by atoms with Gasteiger partial charge in [0.1, 0.15) is 5.75 Å². The van der Waals surface area contributed by atoms with Crippen molar-refractivity contribution in [3.63, 3.8) is 0 Å². The second-order valence-corrected chi connectivity index (χ2v) is 7.57. The number of Topliss-reactive ketones (excluding diaryl/α,β-unsaturated/α-hetero) is 1. The quantitative estimate of drug-likeness (QED) is 0.356. The van der Waals surface area contributed by atoms with Crippen LogP contribution in [0.3, 0.4) is 0 Å². The van der Waals surface area contributed by atoms with Gasteiger partial charge in [0.2, 0.25) is 0 Å². The third-order valence-electron chi connectivity index (χ3n) is 5.44. The fourth-order valence-electron chi connectivity index (χ4n) is 3.78. The van der Waals surface area contributed by atoms with E-state index in [1.807, 2.05) is 6.92 Å². The zero-order chi connectivity index (χ0) is 22.7. The first kappa shape index (κ1) is 21.7. The smallest absolute Gasteiger partial charge is 0.338 e. The lowest BCUT2D eigenvalue weighted by molar-refractivity contribution is 0.0473. The number of rotatable bonds is 8. The third-order valence-corrected chi connectivity index (χ3v) is 5.44. The molecule has 2 heterocycles. The highest BCUT2D eigenvalue weighted by Crippen LogP contribution is 2.26. The van der Waals surface area contributed by atoms with Gasteiger partial charge in [-0.25, -0.2) is 4.79 Å². The molecule has 0 N–H and O–H groups in total. The average molecular weight is 437 g/mol. The standard InChI is InChI=1S/C24H23NO7/c1-2-30-17-8-5-15(6-9-17)21(26)14-32-24(29)16-7-10-19-20(12-16)23(28)25(22(19)27)13-18-4-3-11-31-18/h5-10,12,18H,2-4,11,13-14H2,1H3. The summed E-state index contributed by atoms with van der Waals surface area (Å²) in [6.45, 7) is 2.76. The van der Waals surface area contributed by atoms with Crippen molar-refractivity contribution in [1.82, 2.24) is 4.90 Å². The van der Waals surface area contributed by atoms with Gasteiger partial charge in [-0.3, -0.25) is 19.3 Å². The first-order chi connectivity index (χ1) is 15.5. The minimum Gasteiger partial charge on any atom is -0.494 e. The van der Waals surface area contributed by atoms with Gasteiger partial charge in [-0.05, 0) is 62.2 Å². The lowest BCUT2D eigenvalue weighted by atomic mass is 10.1. The van der Waals surface area contributed by atoms with Gasteiger partial charge >= 0.3 is 5.97 Å². The van der Waals surface area contributed by atoms with Gasteiger partial charge in [-0.1, -0.05) is 0 Å². The molecular weight excluding hydrogens is 414 g/mol. The largest absolute Gasteiger partial charge is 0.494 e. The molecule has 0 radical (unpaired) electrons. The molecule has 0 aromatic heterocycles. The summed E-state index contributed by atoms with van der Waals surface area (Å²) in [6, 6.07) is 10.7. The van der Waals surface area contributed by atoms with Crippen LogP contribution in [-0.4, -0.2) is 60.9 Å². The summed E-state index contributed by atoms with van der Waals surface area (Å²) >= 11 is 0. The van der Waals surface area contributed by atoms with Crippen molar-refractivity contribution in [1.29, 1.82) is 0 Å². The summed E-state index contributed by atoms with van der Waals surface area (Å²) in [6.07, 6.45) is 1.54. The van der Waals surface area contributed by atoms with E-state index in [0.717, 1.165) is 17.7 Å². The van der Waals surface area contributed by atoms with Crippen molar-refractivity contribution >= 4 is 23.6 Å². The summed E-state index contributed by atoms with van der Waals surface area (Å²) in [5.74, 6) is -1.32. The second-order valence-electron chi connectivity index (χ2n) is 7.57. The molecule has 2 aromatic carbocycles. The summed E-state index contributed by atoms with van der Waals surface area (Å²) in [5, 5.41) is 0. The fraction of sp³-hybridized carbons (Fsp3) is 0.333. The van der Waals surface area contributed by atoms with Crippen molar-refractivity contribution in [3.8, 4) is 5.75 Å². The molecule has 1 unspecified atom stereocenters. The molecule has 0 bridgehead atoms. The molecule has 2 aromatic rings. The number of benzene rings is 2. The molecule has 1 fully saturated rings. The molecule has 1 saturated heterocycles. The van der Waals surface area contributed by atoms with E-state index in [1.54, 1.807) is 24.3 Å². The summed E-state index contributed by atoms with van der Waals surface area (Å²) in [5.41, 5.74) is 0.888. The average Bonchev–Trinajstić information content (AvgIpc) is 3.41. The van der Waals surface area contributed by atoms with Crippen LogP contribution in [0, 0.1) is 0 Å². The monoisotopic (exact) mass is 437 g/mol. The normalized spacial score (nSPS) is 17.4. The van der Waals surface area contributed by atoms with E-state index < -0.39 is 24.4 Å². The number of fused-ring (bicyclic) bond motifs is 1. The van der Waals surface area contributed by atoms with Gasteiger partial charge in [0.25, 0.3) is 11.8 Å². The topological polar surface area (TPSA) is 99.2 Å². The van der Waals surface area contributed by atoms with E-state index in [1.165, 1.54) is 18.2 Å². The molecule has 166 valence electrons. The summed E-state index contributed by atoms with van der Waals surface area (Å²) in [7, 11) is 0. The Labute approximate surface area is 185 Å². The highest BCUT2D eigenvalue weighted by atomic mass is 16.5. The Morgan fingerprint density at radius 3 is 2.44 bits per heavy atom. The van der Waals surface area contributed by atoms with E-state index in [4.69, 9.17) is 14.2 Å². The predicted octanol–water partition coefficient (Wildman–Crippen LogP) is 2.90. The Kier molecular flexibility index (Phi) is 6.32. The number of ketones is 1. The number of carbonyl (C=O) groups is 4. The van der Waals surface area contributed by atoms with Gasteiger partial charge in [0.15, 0.2) is 12.4 Å². The van der Waals surface area contributed by atoms with Crippen LogP contribution in [0.2, 0.25) is 0 Å². The van der Waals surface area contributed by atoms with E-state index in [0.29, 0.717) is 24.5 Å². The third kappa shape index (κ3) is 4.40. The molecule has 4 rings (SSSR count). The van der Waals surface area contributed by atoms with Crippen LogP contribution in [-0.2, 0) is 9.47 Å². The fourth-order valence-corrected chi connectivity index (χ4v) is 3.78. The first-order valence-corrected chi connectivity index (χ1v) is 10.5. The first-order valence-electron chi connectivity index (χ1n) is 10.5. The molecule has 1 atom stereocenters. The molecule has 8 nitrogen and oxygen atoms in total. The zero-order valence-corrected chi connectivity index (χ0v) is 17.7. The van der Waals surface area contributed by atoms with Crippen LogP contribution in [0.5, 0.6) is 5.75 Å². The highest BCUT2D eigenvalue weighted by Gasteiger charge is 2.38. The number of carbonyl (C=O) groups excluding carboxylic acids is 4.